The fraction of sp³-hybridized carbons (Fsp3) is 0.167. The molecule has 1 aromatic rings. The van der Waals surface area contributed by atoms with Gasteiger partial charge in [0, 0.05) is 10.7 Å². The van der Waals surface area contributed by atoms with Crippen molar-refractivity contribution in [1.29, 1.82) is 0 Å². The van der Waals surface area contributed by atoms with E-state index >= 15 is 0 Å². The van der Waals surface area contributed by atoms with Gasteiger partial charge in [0.1, 0.15) is 10.0 Å². The molecule has 1 atom stereocenters. The SMILES string of the molecule is Cc1c(Br)cnc(Cl)c1S(=O)O. The summed E-state index contributed by atoms with van der Waals surface area (Å²) >= 11 is 6.71. The highest BCUT2D eigenvalue weighted by molar-refractivity contribution is 9.10. The second-order valence-electron chi connectivity index (χ2n) is 2.10. The van der Waals surface area contributed by atoms with Gasteiger partial charge in [-0.1, -0.05) is 11.6 Å². The zero-order valence-corrected chi connectivity index (χ0v) is 9.20. The van der Waals surface area contributed by atoms with Crippen molar-refractivity contribution in [2.45, 2.75) is 11.8 Å². The molecule has 1 unspecified atom stereocenters. The third-order valence-corrected chi connectivity index (χ3v) is 3.40. The van der Waals surface area contributed by atoms with E-state index in [1.165, 1.54) is 6.20 Å². The average molecular weight is 271 g/mol. The van der Waals surface area contributed by atoms with E-state index in [1.54, 1.807) is 6.92 Å². The second kappa shape index (κ2) is 3.83. The van der Waals surface area contributed by atoms with E-state index in [0.29, 0.717) is 10.0 Å². The van der Waals surface area contributed by atoms with Crippen LogP contribution in [0, 0.1) is 6.92 Å². The van der Waals surface area contributed by atoms with E-state index in [2.05, 4.69) is 20.9 Å². The van der Waals surface area contributed by atoms with Gasteiger partial charge in [-0.3, -0.25) is 0 Å². The van der Waals surface area contributed by atoms with Gasteiger partial charge in [-0.05, 0) is 28.4 Å². The molecule has 1 aromatic heterocycles. The van der Waals surface area contributed by atoms with Crippen molar-refractivity contribution >= 4 is 38.6 Å². The third kappa shape index (κ3) is 1.85. The zero-order valence-electron chi connectivity index (χ0n) is 6.04. The van der Waals surface area contributed by atoms with Crippen LogP contribution in [0.5, 0.6) is 0 Å². The maximum atomic E-state index is 10.8. The normalized spacial score (nSPS) is 13.0. The van der Waals surface area contributed by atoms with Gasteiger partial charge in [-0.15, -0.1) is 0 Å². The van der Waals surface area contributed by atoms with Crippen LogP contribution in [0.25, 0.3) is 0 Å². The molecule has 0 fully saturated rings. The number of pyridine rings is 1. The van der Waals surface area contributed by atoms with Gasteiger partial charge in [0.2, 0.25) is 0 Å². The molecule has 3 nitrogen and oxygen atoms in total. The van der Waals surface area contributed by atoms with E-state index in [-0.39, 0.29) is 10.0 Å². The molecule has 12 heavy (non-hydrogen) atoms. The van der Waals surface area contributed by atoms with Gasteiger partial charge in [-0.2, -0.15) is 0 Å². The van der Waals surface area contributed by atoms with Crippen LogP contribution in [-0.2, 0) is 11.1 Å². The summed E-state index contributed by atoms with van der Waals surface area (Å²) in [6.45, 7) is 1.70. The fourth-order valence-electron chi connectivity index (χ4n) is 0.735. The van der Waals surface area contributed by atoms with Crippen LogP contribution in [0.1, 0.15) is 5.56 Å². The lowest BCUT2D eigenvalue weighted by Gasteiger charge is -2.03. The first-order valence-electron chi connectivity index (χ1n) is 2.95. The highest BCUT2D eigenvalue weighted by atomic mass is 79.9. The Morgan fingerprint density at radius 2 is 2.33 bits per heavy atom. The summed E-state index contributed by atoms with van der Waals surface area (Å²) in [6, 6.07) is 0. The lowest BCUT2D eigenvalue weighted by Crippen LogP contribution is -1.96. The number of aromatic nitrogens is 1. The van der Waals surface area contributed by atoms with Gasteiger partial charge in [-0.25, -0.2) is 9.19 Å². The minimum Gasteiger partial charge on any atom is -0.302 e. The maximum Gasteiger partial charge on any atom is 0.190 e. The van der Waals surface area contributed by atoms with Crippen molar-refractivity contribution in [3.05, 3.63) is 21.4 Å². The summed E-state index contributed by atoms with van der Waals surface area (Å²) in [5, 5.41) is 0.0662. The molecule has 0 aliphatic rings. The van der Waals surface area contributed by atoms with Crippen molar-refractivity contribution in [3.8, 4) is 0 Å². The maximum absolute atomic E-state index is 10.8. The standard InChI is InChI=1S/C6H5BrClNO2S/c1-3-4(7)2-9-6(8)5(3)12(10)11/h2H,1H3,(H,10,11). The first kappa shape index (κ1) is 10.1. The Kier molecular flexibility index (Phi) is 3.22. The van der Waals surface area contributed by atoms with E-state index < -0.39 is 11.1 Å². The molecule has 0 radical (unpaired) electrons. The number of hydrogen-bond acceptors (Lipinski definition) is 2. The second-order valence-corrected chi connectivity index (χ2v) is 4.22. The monoisotopic (exact) mass is 269 g/mol. The highest BCUT2D eigenvalue weighted by Crippen LogP contribution is 2.26. The number of rotatable bonds is 1. The van der Waals surface area contributed by atoms with Crippen LogP contribution < -0.4 is 0 Å². The molecule has 1 heterocycles. The Hall–Kier alpha value is 0.0300. The predicted octanol–water partition coefficient (Wildman–Crippen LogP) is 2.39. The molecular weight excluding hydrogens is 265 g/mol. The van der Waals surface area contributed by atoms with Crippen LogP contribution in [-0.4, -0.2) is 13.7 Å². The smallest absolute Gasteiger partial charge is 0.190 e. The molecule has 0 spiro atoms. The van der Waals surface area contributed by atoms with Crippen molar-refractivity contribution < 1.29 is 8.76 Å². The van der Waals surface area contributed by atoms with Gasteiger partial charge in [0.25, 0.3) is 0 Å². The van der Waals surface area contributed by atoms with Gasteiger partial charge < -0.3 is 4.55 Å². The summed E-state index contributed by atoms with van der Waals surface area (Å²) in [7, 11) is 0. The molecule has 0 bridgehead atoms. The van der Waals surface area contributed by atoms with Crippen LogP contribution in [0.3, 0.4) is 0 Å². The van der Waals surface area contributed by atoms with Crippen molar-refractivity contribution in [1.82, 2.24) is 4.98 Å². The van der Waals surface area contributed by atoms with E-state index in [9.17, 15) is 4.21 Å². The Bertz CT molecular complexity index is 345. The third-order valence-electron chi connectivity index (χ3n) is 1.35. The van der Waals surface area contributed by atoms with Gasteiger partial charge in [0.15, 0.2) is 11.1 Å². The summed E-state index contributed by atoms with van der Waals surface area (Å²) in [5.41, 5.74) is 0.635. The molecule has 1 rings (SSSR count). The minimum atomic E-state index is -2.09. The minimum absolute atomic E-state index is 0.0662. The summed E-state index contributed by atoms with van der Waals surface area (Å²) in [4.78, 5) is 3.88. The van der Waals surface area contributed by atoms with E-state index in [1.807, 2.05) is 0 Å². The van der Waals surface area contributed by atoms with Crippen LogP contribution >= 0.6 is 27.5 Å². The summed E-state index contributed by atoms with van der Waals surface area (Å²) in [6.07, 6.45) is 1.49. The van der Waals surface area contributed by atoms with Gasteiger partial charge in [0.05, 0.1) is 0 Å². The van der Waals surface area contributed by atoms with Crippen LogP contribution in [0.4, 0.5) is 0 Å². The molecule has 0 aliphatic heterocycles. The van der Waals surface area contributed by atoms with Crippen molar-refractivity contribution in [2.24, 2.45) is 0 Å². The number of halogens is 2. The zero-order chi connectivity index (χ0) is 9.30. The summed E-state index contributed by atoms with van der Waals surface area (Å²) in [5.74, 6) is 0. The molecule has 0 saturated heterocycles. The lowest BCUT2D eigenvalue weighted by molar-refractivity contribution is 0.563. The Morgan fingerprint density at radius 3 is 2.75 bits per heavy atom. The van der Waals surface area contributed by atoms with Crippen LogP contribution in [0.2, 0.25) is 5.15 Å². The molecule has 0 amide bonds. The van der Waals surface area contributed by atoms with Crippen molar-refractivity contribution in [3.63, 3.8) is 0 Å². The summed E-state index contributed by atoms with van der Waals surface area (Å²) < 4.78 is 20.3. The lowest BCUT2D eigenvalue weighted by atomic mass is 10.3. The van der Waals surface area contributed by atoms with Gasteiger partial charge >= 0.3 is 0 Å². The Balaban J connectivity index is 3.43. The molecule has 1 N–H and O–H groups in total. The topological polar surface area (TPSA) is 50.2 Å². The molecule has 66 valence electrons. The molecule has 0 aliphatic carbocycles. The average Bonchev–Trinajstić information content (AvgIpc) is 1.97. The number of hydrogen-bond donors (Lipinski definition) is 1. The molecule has 0 aromatic carbocycles. The first-order valence-corrected chi connectivity index (χ1v) is 5.23. The molecule has 6 heteroatoms. The Labute approximate surface area is 85.6 Å². The van der Waals surface area contributed by atoms with E-state index in [4.69, 9.17) is 16.2 Å². The van der Waals surface area contributed by atoms with Crippen molar-refractivity contribution in [2.75, 3.05) is 0 Å². The fourth-order valence-corrected chi connectivity index (χ4v) is 2.12. The first-order chi connectivity index (χ1) is 5.54. The Morgan fingerprint density at radius 1 is 1.75 bits per heavy atom. The highest BCUT2D eigenvalue weighted by Gasteiger charge is 2.13. The van der Waals surface area contributed by atoms with Crippen LogP contribution in [0.15, 0.2) is 15.6 Å². The largest absolute Gasteiger partial charge is 0.302 e. The predicted molar refractivity (Wildman–Crippen MR) is 50.7 cm³/mol. The number of nitrogens with zero attached hydrogens (tertiary/aromatic N) is 1. The molecule has 0 saturated carbocycles. The van der Waals surface area contributed by atoms with E-state index in [0.717, 1.165) is 0 Å². The molecular formula is C6H5BrClNO2S. The quantitative estimate of drug-likeness (QED) is 0.630.